The fourth-order valence-electron chi connectivity index (χ4n) is 3.18. The number of hydrogen-bond acceptors (Lipinski definition) is 3. The molecule has 0 aliphatic rings. The zero-order valence-electron chi connectivity index (χ0n) is 18.5. The molecule has 29 heavy (non-hydrogen) atoms. The van der Waals surface area contributed by atoms with Crippen molar-refractivity contribution in [3.8, 4) is 0 Å². The Bertz CT molecular complexity index is 561. The van der Waals surface area contributed by atoms with Crippen LogP contribution in [0.5, 0.6) is 0 Å². The van der Waals surface area contributed by atoms with Crippen LogP contribution in [0.3, 0.4) is 0 Å². The summed E-state index contributed by atoms with van der Waals surface area (Å²) in [7, 11) is 0. The third-order valence-electron chi connectivity index (χ3n) is 4.84. The number of carbonyl (C=O) groups is 2. The second-order valence-electron chi connectivity index (χ2n) is 8.15. The van der Waals surface area contributed by atoms with E-state index >= 15 is 0 Å². The highest BCUT2D eigenvalue weighted by atomic mass is 16.5. The molecule has 0 bridgehead atoms. The third kappa shape index (κ3) is 12.9. The Hall–Kier alpha value is -2.04. The van der Waals surface area contributed by atoms with Crippen molar-refractivity contribution in [1.82, 2.24) is 10.6 Å². The molecule has 2 N–H and O–H groups in total. The third-order valence-corrected chi connectivity index (χ3v) is 4.84. The van der Waals surface area contributed by atoms with Gasteiger partial charge < -0.3 is 15.4 Å². The molecule has 0 radical (unpaired) electrons. The monoisotopic (exact) mass is 404 g/mol. The van der Waals surface area contributed by atoms with E-state index in [4.69, 9.17) is 4.74 Å². The first kappa shape index (κ1) is 25.0. The van der Waals surface area contributed by atoms with Crippen LogP contribution in [0, 0.1) is 5.92 Å². The van der Waals surface area contributed by atoms with Crippen molar-refractivity contribution in [2.45, 2.75) is 91.2 Å². The van der Waals surface area contributed by atoms with Gasteiger partial charge in [0.2, 0.25) is 0 Å². The molecule has 0 unspecified atom stereocenters. The fourth-order valence-corrected chi connectivity index (χ4v) is 3.18. The molecule has 2 amide bonds. The topological polar surface area (TPSA) is 67.4 Å². The highest BCUT2D eigenvalue weighted by Gasteiger charge is 2.23. The Morgan fingerprint density at radius 3 is 2.17 bits per heavy atom. The number of nitrogens with one attached hydrogen (secondary N) is 2. The SMILES string of the molecule is CCCCCCCCCCNC(=O)N[C@@H](CC(C)C)C(=O)OCc1ccccc1. The lowest BCUT2D eigenvalue weighted by Gasteiger charge is -2.19. The van der Waals surface area contributed by atoms with Gasteiger partial charge in [-0.25, -0.2) is 9.59 Å². The maximum Gasteiger partial charge on any atom is 0.329 e. The lowest BCUT2D eigenvalue weighted by molar-refractivity contribution is -0.147. The average molecular weight is 405 g/mol. The molecule has 0 fully saturated rings. The molecule has 1 aromatic rings. The molecule has 0 aromatic heterocycles. The van der Waals surface area contributed by atoms with Gasteiger partial charge in [0, 0.05) is 6.54 Å². The normalized spacial score (nSPS) is 11.9. The maximum absolute atomic E-state index is 12.4. The number of ether oxygens (including phenoxy) is 1. The minimum Gasteiger partial charge on any atom is -0.459 e. The summed E-state index contributed by atoms with van der Waals surface area (Å²) in [6.07, 6.45) is 10.4. The van der Waals surface area contributed by atoms with Crippen LogP contribution in [0.15, 0.2) is 30.3 Å². The van der Waals surface area contributed by atoms with Crippen LogP contribution in [0.2, 0.25) is 0 Å². The van der Waals surface area contributed by atoms with Gasteiger partial charge in [-0.05, 0) is 24.3 Å². The summed E-state index contributed by atoms with van der Waals surface area (Å²) in [4.78, 5) is 24.6. The van der Waals surface area contributed by atoms with E-state index in [-0.39, 0.29) is 24.5 Å². The van der Waals surface area contributed by atoms with E-state index in [1.165, 1.54) is 38.5 Å². The summed E-state index contributed by atoms with van der Waals surface area (Å²) < 4.78 is 5.41. The molecule has 5 nitrogen and oxygen atoms in total. The van der Waals surface area contributed by atoms with Crippen LogP contribution in [-0.4, -0.2) is 24.6 Å². The molecule has 0 spiro atoms. The van der Waals surface area contributed by atoms with Crippen LogP contribution in [0.4, 0.5) is 4.79 Å². The highest BCUT2D eigenvalue weighted by Crippen LogP contribution is 2.09. The summed E-state index contributed by atoms with van der Waals surface area (Å²) in [6, 6.07) is 8.64. The number of amides is 2. The lowest BCUT2D eigenvalue weighted by Crippen LogP contribution is -2.47. The molecule has 5 heteroatoms. The summed E-state index contributed by atoms with van der Waals surface area (Å²) in [5.74, 6) is -0.109. The number of unbranched alkanes of at least 4 members (excludes halogenated alkanes) is 7. The number of rotatable bonds is 15. The van der Waals surface area contributed by atoms with Crippen LogP contribution < -0.4 is 10.6 Å². The molecule has 1 aromatic carbocycles. The standard InChI is InChI=1S/C24H40N2O3/c1-4-5-6-7-8-9-10-14-17-25-24(28)26-22(18-20(2)3)23(27)29-19-21-15-12-11-13-16-21/h11-13,15-16,20,22H,4-10,14,17-19H2,1-3H3,(H2,25,26,28)/t22-/m0/s1. The molecule has 0 heterocycles. The average Bonchev–Trinajstić information content (AvgIpc) is 2.70. The molecule has 1 rings (SSSR count). The zero-order valence-corrected chi connectivity index (χ0v) is 18.5. The van der Waals surface area contributed by atoms with E-state index in [2.05, 4.69) is 17.6 Å². The van der Waals surface area contributed by atoms with E-state index in [9.17, 15) is 9.59 Å². The van der Waals surface area contributed by atoms with Crippen LogP contribution >= 0.6 is 0 Å². The first-order valence-electron chi connectivity index (χ1n) is 11.3. The minimum absolute atomic E-state index is 0.218. The number of esters is 1. The van der Waals surface area contributed by atoms with Crippen LogP contribution in [0.25, 0.3) is 0 Å². The van der Waals surface area contributed by atoms with Crippen LogP contribution in [-0.2, 0) is 16.1 Å². The largest absolute Gasteiger partial charge is 0.459 e. The van der Waals surface area contributed by atoms with Gasteiger partial charge in [-0.3, -0.25) is 0 Å². The number of urea groups is 1. The summed E-state index contributed by atoms with van der Waals surface area (Å²) in [6.45, 7) is 7.13. The predicted octanol–water partition coefficient (Wildman–Crippen LogP) is 5.58. The number of benzene rings is 1. The van der Waals surface area contributed by atoms with Crippen molar-refractivity contribution in [1.29, 1.82) is 0 Å². The van der Waals surface area contributed by atoms with Crippen molar-refractivity contribution >= 4 is 12.0 Å². The van der Waals surface area contributed by atoms with Gasteiger partial charge in [-0.1, -0.05) is 96.0 Å². The van der Waals surface area contributed by atoms with Crippen molar-refractivity contribution in [2.24, 2.45) is 5.92 Å². The number of hydrogen-bond donors (Lipinski definition) is 2. The maximum atomic E-state index is 12.4. The Balaban J connectivity index is 2.26. The van der Waals surface area contributed by atoms with Crippen LogP contribution in [0.1, 0.15) is 84.1 Å². The van der Waals surface area contributed by atoms with E-state index < -0.39 is 6.04 Å². The van der Waals surface area contributed by atoms with Gasteiger partial charge >= 0.3 is 12.0 Å². The Morgan fingerprint density at radius 1 is 0.931 bits per heavy atom. The van der Waals surface area contributed by atoms with E-state index in [1.807, 2.05) is 44.2 Å². The second kappa shape index (κ2) is 15.8. The van der Waals surface area contributed by atoms with Crippen molar-refractivity contribution in [2.75, 3.05) is 6.54 Å². The molecule has 0 aliphatic heterocycles. The molecule has 1 atom stereocenters. The number of carbonyl (C=O) groups excluding carboxylic acids is 2. The van der Waals surface area contributed by atoms with Gasteiger partial charge in [0.25, 0.3) is 0 Å². The smallest absolute Gasteiger partial charge is 0.329 e. The first-order chi connectivity index (χ1) is 14.0. The molecular formula is C24H40N2O3. The minimum atomic E-state index is -0.628. The van der Waals surface area contributed by atoms with Gasteiger partial charge in [0.1, 0.15) is 12.6 Å². The van der Waals surface area contributed by atoms with Gasteiger partial charge in [-0.2, -0.15) is 0 Å². The summed E-state index contributed by atoms with van der Waals surface area (Å²) in [5, 5.41) is 5.65. The van der Waals surface area contributed by atoms with Gasteiger partial charge in [0.05, 0.1) is 0 Å². The molecule has 0 aliphatic carbocycles. The Morgan fingerprint density at radius 2 is 1.55 bits per heavy atom. The Kier molecular flexibility index (Phi) is 13.6. The van der Waals surface area contributed by atoms with Gasteiger partial charge in [-0.15, -0.1) is 0 Å². The predicted molar refractivity (Wildman–Crippen MR) is 119 cm³/mol. The molecular weight excluding hydrogens is 364 g/mol. The van der Waals surface area contributed by atoms with E-state index in [0.29, 0.717) is 13.0 Å². The molecule has 164 valence electrons. The quantitative estimate of drug-likeness (QED) is 0.296. The van der Waals surface area contributed by atoms with Gasteiger partial charge in [0.15, 0.2) is 0 Å². The van der Waals surface area contributed by atoms with Crippen molar-refractivity contribution in [3.05, 3.63) is 35.9 Å². The van der Waals surface area contributed by atoms with E-state index in [1.54, 1.807) is 0 Å². The van der Waals surface area contributed by atoms with E-state index in [0.717, 1.165) is 18.4 Å². The highest BCUT2D eigenvalue weighted by molar-refractivity contribution is 5.83. The molecule has 0 saturated carbocycles. The Labute approximate surface area is 177 Å². The fraction of sp³-hybridized carbons (Fsp3) is 0.667. The zero-order chi connectivity index (χ0) is 21.3. The second-order valence-corrected chi connectivity index (χ2v) is 8.15. The lowest BCUT2D eigenvalue weighted by atomic mass is 10.0. The summed E-state index contributed by atoms with van der Waals surface area (Å²) in [5.41, 5.74) is 0.934. The van der Waals surface area contributed by atoms with Crippen molar-refractivity contribution < 1.29 is 14.3 Å². The summed E-state index contributed by atoms with van der Waals surface area (Å²) >= 11 is 0. The van der Waals surface area contributed by atoms with Crippen molar-refractivity contribution in [3.63, 3.8) is 0 Å². The molecule has 0 saturated heterocycles. The first-order valence-corrected chi connectivity index (χ1v) is 11.3.